The molecule has 0 radical (unpaired) electrons. The van der Waals surface area contributed by atoms with Crippen LogP contribution in [0.1, 0.15) is 60.5 Å². The van der Waals surface area contributed by atoms with Crippen LogP contribution in [0.5, 0.6) is 17.2 Å². The van der Waals surface area contributed by atoms with E-state index in [1.54, 1.807) is 19.1 Å². The van der Waals surface area contributed by atoms with Gasteiger partial charge in [0.25, 0.3) is 5.92 Å². The van der Waals surface area contributed by atoms with Crippen molar-refractivity contribution in [2.24, 2.45) is 0 Å². The van der Waals surface area contributed by atoms with Gasteiger partial charge >= 0.3 is 0 Å². The lowest BCUT2D eigenvalue weighted by molar-refractivity contribution is -0.0564. The molecule has 36 heavy (non-hydrogen) atoms. The number of Topliss-reactive ketones (excluding diaryl/α,β-unsaturated/α-hetero) is 1. The van der Waals surface area contributed by atoms with Crippen molar-refractivity contribution in [1.29, 1.82) is 0 Å². The summed E-state index contributed by atoms with van der Waals surface area (Å²) in [4.78, 5) is 14.5. The first kappa shape index (κ1) is 28.1. The Morgan fingerprint density at radius 3 is 2.28 bits per heavy atom. The van der Waals surface area contributed by atoms with E-state index in [-0.39, 0.29) is 78.9 Å². The number of ketones is 1. The number of piperidine rings is 1. The van der Waals surface area contributed by atoms with Gasteiger partial charge in [-0.3, -0.25) is 9.69 Å². The minimum absolute atomic E-state index is 0.0893. The van der Waals surface area contributed by atoms with Gasteiger partial charge in [0.2, 0.25) is 5.75 Å². The number of benzene rings is 2. The van der Waals surface area contributed by atoms with Gasteiger partial charge in [-0.15, -0.1) is 0 Å². The summed E-state index contributed by atoms with van der Waals surface area (Å²) in [6.45, 7) is 6.58. The Balaban J connectivity index is 1.78. The van der Waals surface area contributed by atoms with Crippen LogP contribution in [-0.4, -0.2) is 56.6 Å². The Labute approximate surface area is 215 Å². The second-order valence-corrected chi connectivity index (χ2v) is 9.58. The molecule has 0 N–H and O–H groups in total. The number of alkyl halides is 2. The minimum Gasteiger partial charge on any atom is -0.491 e. The van der Waals surface area contributed by atoms with Crippen LogP contribution >= 0.6 is 11.6 Å². The first-order chi connectivity index (χ1) is 17.0. The van der Waals surface area contributed by atoms with Crippen molar-refractivity contribution in [1.82, 2.24) is 4.90 Å². The third kappa shape index (κ3) is 6.85. The molecule has 1 fully saturated rings. The van der Waals surface area contributed by atoms with E-state index in [1.807, 2.05) is 11.8 Å². The lowest BCUT2D eigenvalue weighted by atomic mass is 9.98. The van der Waals surface area contributed by atoms with Gasteiger partial charge < -0.3 is 14.2 Å². The van der Waals surface area contributed by atoms with E-state index in [0.29, 0.717) is 24.1 Å². The summed E-state index contributed by atoms with van der Waals surface area (Å²) in [6, 6.07) is 6.32. The van der Waals surface area contributed by atoms with Crippen molar-refractivity contribution in [2.75, 3.05) is 40.0 Å². The maximum absolute atomic E-state index is 13.5. The molecule has 3 rings (SSSR count). The van der Waals surface area contributed by atoms with E-state index in [9.17, 15) is 18.0 Å². The number of carbonyl (C=O) groups excluding carboxylic acids is 1. The monoisotopic (exact) mass is 527 g/mol. The van der Waals surface area contributed by atoms with Crippen molar-refractivity contribution in [3.63, 3.8) is 0 Å². The predicted octanol–water partition coefficient (Wildman–Crippen LogP) is 6.68. The Morgan fingerprint density at radius 1 is 1.08 bits per heavy atom. The molecule has 2 aromatic carbocycles. The van der Waals surface area contributed by atoms with Crippen molar-refractivity contribution in [3.8, 4) is 17.2 Å². The van der Waals surface area contributed by atoms with Gasteiger partial charge in [-0.1, -0.05) is 30.7 Å². The molecule has 1 aliphatic heterocycles. The molecule has 0 saturated carbocycles. The molecule has 5 nitrogen and oxygen atoms in total. The zero-order valence-electron chi connectivity index (χ0n) is 21.1. The number of carbonyl (C=O) groups is 1. The minimum atomic E-state index is -2.62. The molecular formula is C27H33ClF3NO4. The molecule has 1 unspecified atom stereocenters. The largest absolute Gasteiger partial charge is 0.491 e. The molecule has 1 saturated heterocycles. The van der Waals surface area contributed by atoms with Gasteiger partial charge in [-0.2, -0.15) is 0 Å². The summed E-state index contributed by atoms with van der Waals surface area (Å²) in [5.74, 6) is -2.33. The number of rotatable bonds is 11. The second-order valence-electron chi connectivity index (χ2n) is 9.20. The number of hydrogen-bond acceptors (Lipinski definition) is 5. The zero-order valence-corrected chi connectivity index (χ0v) is 21.9. The van der Waals surface area contributed by atoms with Crippen molar-refractivity contribution >= 4 is 17.4 Å². The second kappa shape index (κ2) is 12.2. The maximum Gasteiger partial charge on any atom is 0.250 e. The number of nitrogens with zero attached hydrogens (tertiary/aromatic N) is 1. The van der Waals surface area contributed by atoms with Crippen LogP contribution in [0, 0.1) is 12.7 Å². The van der Waals surface area contributed by atoms with Gasteiger partial charge in [-0.05, 0) is 49.4 Å². The summed E-state index contributed by atoms with van der Waals surface area (Å²) < 4.78 is 57.9. The van der Waals surface area contributed by atoms with Crippen molar-refractivity contribution in [3.05, 3.63) is 51.8 Å². The average Bonchev–Trinajstić information content (AvgIpc) is 2.83. The van der Waals surface area contributed by atoms with E-state index >= 15 is 0 Å². The molecule has 0 aromatic heterocycles. The van der Waals surface area contributed by atoms with E-state index in [4.69, 9.17) is 25.8 Å². The lowest BCUT2D eigenvalue weighted by Crippen LogP contribution is -2.41. The average molecular weight is 528 g/mol. The highest BCUT2D eigenvalue weighted by Gasteiger charge is 2.34. The van der Waals surface area contributed by atoms with Crippen molar-refractivity contribution in [2.45, 2.75) is 51.9 Å². The van der Waals surface area contributed by atoms with Crippen LogP contribution in [0.2, 0.25) is 5.02 Å². The number of halogens is 4. The fraction of sp³-hybridized carbons (Fsp3) is 0.519. The van der Waals surface area contributed by atoms with E-state index in [2.05, 4.69) is 0 Å². The van der Waals surface area contributed by atoms with Crippen LogP contribution in [0.4, 0.5) is 13.2 Å². The predicted molar refractivity (Wildman–Crippen MR) is 134 cm³/mol. The molecule has 1 aliphatic rings. The topological polar surface area (TPSA) is 48.0 Å². The van der Waals surface area contributed by atoms with Crippen LogP contribution in [0.25, 0.3) is 0 Å². The quantitative estimate of drug-likeness (QED) is 0.305. The van der Waals surface area contributed by atoms with Gasteiger partial charge in [0.15, 0.2) is 17.3 Å². The highest BCUT2D eigenvalue weighted by atomic mass is 35.5. The van der Waals surface area contributed by atoms with Crippen LogP contribution < -0.4 is 14.2 Å². The van der Waals surface area contributed by atoms with E-state index in [1.165, 1.54) is 26.2 Å². The molecule has 2 aromatic rings. The lowest BCUT2D eigenvalue weighted by Gasteiger charge is -2.31. The van der Waals surface area contributed by atoms with E-state index in [0.717, 1.165) is 5.56 Å². The fourth-order valence-electron chi connectivity index (χ4n) is 4.32. The molecule has 1 atom stereocenters. The van der Waals surface area contributed by atoms with E-state index < -0.39 is 5.92 Å². The highest BCUT2D eigenvalue weighted by molar-refractivity contribution is 6.34. The third-order valence-electron chi connectivity index (χ3n) is 6.58. The summed E-state index contributed by atoms with van der Waals surface area (Å²) in [6.07, 6.45) is 0.247. The molecule has 0 bridgehead atoms. The van der Waals surface area contributed by atoms with Gasteiger partial charge in [0, 0.05) is 32.5 Å². The first-order valence-corrected chi connectivity index (χ1v) is 12.4. The maximum atomic E-state index is 13.5. The van der Waals surface area contributed by atoms with Crippen molar-refractivity contribution < 1.29 is 32.2 Å². The summed E-state index contributed by atoms with van der Waals surface area (Å²) in [7, 11) is 1.46. The Kier molecular flexibility index (Phi) is 9.53. The normalized spacial score (nSPS) is 16.4. The van der Waals surface area contributed by atoms with Crippen LogP contribution in [0.3, 0.4) is 0 Å². The molecule has 0 amide bonds. The third-order valence-corrected chi connectivity index (χ3v) is 7.03. The molecule has 0 aliphatic carbocycles. The smallest absolute Gasteiger partial charge is 0.250 e. The number of likely N-dealkylation sites (tertiary alicyclic amines) is 1. The molecule has 0 spiro atoms. The SMILES string of the molecule is COc1c(Cl)c(C)c(C(C)=O)c(OCCN2CCC(F)(F)CC2)c1OCCC(C)c1ccc(F)cc1. The fourth-order valence-corrected chi connectivity index (χ4v) is 4.58. The first-order valence-electron chi connectivity index (χ1n) is 12.1. The standard InChI is InChI=1S/C27H33ClF3NO4/c1-17(20-5-7-21(29)8-6-20)9-15-35-26-24(22(19(3)33)18(2)23(28)25(26)34-4)36-16-14-32-12-10-27(30,31)11-13-32/h5-8,17H,9-16H2,1-4H3. The van der Waals surface area contributed by atoms with Crippen LogP contribution in [0.15, 0.2) is 24.3 Å². The Morgan fingerprint density at radius 2 is 1.69 bits per heavy atom. The molecule has 1 heterocycles. The summed E-state index contributed by atoms with van der Waals surface area (Å²) in [5, 5.41) is 0.259. The Hall–Kier alpha value is -2.45. The highest BCUT2D eigenvalue weighted by Crippen LogP contribution is 2.48. The Bertz CT molecular complexity index is 1050. The number of hydrogen-bond donors (Lipinski definition) is 0. The van der Waals surface area contributed by atoms with Gasteiger partial charge in [0.05, 0.1) is 24.3 Å². The molecular weight excluding hydrogens is 495 g/mol. The van der Waals surface area contributed by atoms with Gasteiger partial charge in [-0.25, -0.2) is 13.2 Å². The number of ether oxygens (including phenoxy) is 3. The summed E-state index contributed by atoms with van der Waals surface area (Å²) >= 11 is 6.53. The van der Waals surface area contributed by atoms with Crippen LogP contribution in [-0.2, 0) is 0 Å². The number of methoxy groups -OCH3 is 1. The zero-order chi connectivity index (χ0) is 26.5. The molecule has 198 valence electrons. The molecule has 9 heteroatoms. The summed E-state index contributed by atoms with van der Waals surface area (Å²) in [5.41, 5.74) is 1.79. The van der Waals surface area contributed by atoms with Gasteiger partial charge in [0.1, 0.15) is 12.4 Å².